The van der Waals surface area contributed by atoms with Crippen molar-refractivity contribution in [1.82, 2.24) is 0 Å². The first kappa shape index (κ1) is 13.4. The fourth-order valence-corrected chi connectivity index (χ4v) is 2.35. The maximum atomic E-state index is 13.4. The predicted octanol–water partition coefficient (Wildman–Crippen LogP) is 2.98. The van der Waals surface area contributed by atoms with Gasteiger partial charge in [0.15, 0.2) is 11.6 Å². The van der Waals surface area contributed by atoms with Gasteiger partial charge in [-0.3, -0.25) is 4.79 Å². The van der Waals surface area contributed by atoms with E-state index in [2.05, 4.69) is 0 Å². The Morgan fingerprint density at radius 1 is 1.37 bits per heavy atom. The zero-order chi connectivity index (χ0) is 14.2. The molecular weight excluding hydrogens is 257 g/mol. The standard InChI is InChI=1S/C13H11F3N2O/c1-7-4-13(5-7,6-17)12(19)18-11-9(15)2-8(14)3-10(11)16/h2-3,7H,4-5H2,1H3,(H,18,19). The van der Waals surface area contributed by atoms with E-state index in [-0.39, 0.29) is 5.92 Å². The Morgan fingerprint density at radius 2 is 1.89 bits per heavy atom. The third-order valence-electron chi connectivity index (χ3n) is 3.29. The average Bonchev–Trinajstić information content (AvgIpc) is 2.29. The number of nitriles is 1. The van der Waals surface area contributed by atoms with E-state index in [1.165, 1.54) is 0 Å². The minimum atomic E-state index is -1.24. The average molecular weight is 268 g/mol. The summed E-state index contributed by atoms with van der Waals surface area (Å²) in [6.45, 7) is 1.88. The predicted molar refractivity (Wildman–Crippen MR) is 61.4 cm³/mol. The summed E-state index contributed by atoms with van der Waals surface area (Å²) in [6, 6.07) is 2.83. The Balaban J connectivity index is 2.23. The molecule has 0 spiro atoms. The molecule has 1 N–H and O–H groups in total. The molecule has 2 rings (SSSR count). The van der Waals surface area contributed by atoms with Crippen molar-refractivity contribution in [2.75, 3.05) is 5.32 Å². The number of carbonyl (C=O) groups is 1. The van der Waals surface area contributed by atoms with Crippen molar-refractivity contribution in [3.05, 3.63) is 29.6 Å². The summed E-state index contributed by atoms with van der Waals surface area (Å²) in [5.74, 6) is -4.01. The van der Waals surface area contributed by atoms with Gasteiger partial charge in [0, 0.05) is 12.1 Å². The lowest BCUT2D eigenvalue weighted by atomic mass is 9.63. The van der Waals surface area contributed by atoms with Gasteiger partial charge in [0.25, 0.3) is 0 Å². The molecule has 1 aromatic carbocycles. The highest BCUT2D eigenvalue weighted by Crippen LogP contribution is 2.45. The van der Waals surface area contributed by atoms with Gasteiger partial charge in [-0.25, -0.2) is 13.2 Å². The van der Waals surface area contributed by atoms with Crippen LogP contribution in [0.1, 0.15) is 19.8 Å². The quantitative estimate of drug-likeness (QED) is 0.896. The van der Waals surface area contributed by atoms with E-state index < -0.39 is 34.5 Å². The van der Waals surface area contributed by atoms with Crippen LogP contribution in [0.2, 0.25) is 0 Å². The van der Waals surface area contributed by atoms with Crippen LogP contribution in [0, 0.1) is 40.1 Å². The highest BCUT2D eigenvalue weighted by atomic mass is 19.1. The van der Waals surface area contributed by atoms with Crippen molar-refractivity contribution in [1.29, 1.82) is 5.26 Å². The number of nitrogens with zero attached hydrogens (tertiary/aromatic N) is 1. The summed E-state index contributed by atoms with van der Waals surface area (Å²) in [5.41, 5.74) is -1.97. The number of anilines is 1. The van der Waals surface area contributed by atoms with Crippen molar-refractivity contribution in [3.8, 4) is 6.07 Å². The Labute approximate surface area is 108 Å². The number of rotatable bonds is 2. The third kappa shape index (κ3) is 2.28. The molecule has 100 valence electrons. The molecular formula is C13H11F3N2O. The highest BCUT2D eigenvalue weighted by molar-refractivity contribution is 5.98. The molecule has 1 fully saturated rings. The van der Waals surface area contributed by atoms with Crippen LogP contribution >= 0.6 is 0 Å². The zero-order valence-corrected chi connectivity index (χ0v) is 10.1. The van der Waals surface area contributed by atoms with Gasteiger partial charge in [0.1, 0.15) is 16.9 Å². The van der Waals surface area contributed by atoms with Crippen LogP contribution in [0.15, 0.2) is 12.1 Å². The number of hydrogen-bond donors (Lipinski definition) is 1. The van der Waals surface area contributed by atoms with Gasteiger partial charge < -0.3 is 5.32 Å². The Bertz CT molecular complexity index is 551. The second kappa shape index (κ2) is 4.57. The minimum absolute atomic E-state index is 0.216. The molecule has 0 atom stereocenters. The van der Waals surface area contributed by atoms with E-state index >= 15 is 0 Å². The molecule has 6 heteroatoms. The Kier molecular flexibility index (Phi) is 3.23. The molecule has 0 saturated heterocycles. The lowest BCUT2D eigenvalue weighted by Crippen LogP contribution is -2.45. The van der Waals surface area contributed by atoms with Gasteiger partial charge in [-0.1, -0.05) is 6.92 Å². The van der Waals surface area contributed by atoms with Crippen molar-refractivity contribution in [2.24, 2.45) is 11.3 Å². The number of halogens is 3. The second-order valence-electron chi connectivity index (χ2n) is 4.91. The lowest BCUT2D eigenvalue weighted by molar-refractivity contribution is -0.128. The summed E-state index contributed by atoms with van der Waals surface area (Å²) in [4.78, 5) is 11.9. The molecule has 3 nitrogen and oxygen atoms in total. The van der Waals surface area contributed by atoms with Crippen LogP contribution in [0.3, 0.4) is 0 Å². The van der Waals surface area contributed by atoms with Crippen molar-refractivity contribution in [3.63, 3.8) is 0 Å². The maximum absolute atomic E-state index is 13.4. The van der Waals surface area contributed by atoms with Gasteiger partial charge in [-0.2, -0.15) is 5.26 Å². The molecule has 0 unspecified atom stereocenters. The summed E-state index contributed by atoms with van der Waals surface area (Å²) in [6.07, 6.45) is 0.694. The van der Waals surface area contributed by atoms with E-state index in [1.807, 2.05) is 18.3 Å². The number of carbonyl (C=O) groups excluding carboxylic acids is 1. The molecule has 0 radical (unpaired) electrons. The molecule has 1 aliphatic carbocycles. The normalized spacial score (nSPS) is 25.3. The topological polar surface area (TPSA) is 52.9 Å². The fraction of sp³-hybridized carbons (Fsp3) is 0.385. The maximum Gasteiger partial charge on any atom is 0.245 e. The van der Waals surface area contributed by atoms with Crippen molar-refractivity contribution in [2.45, 2.75) is 19.8 Å². The highest BCUT2D eigenvalue weighted by Gasteiger charge is 2.49. The first-order chi connectivity index (χ1) is 8.88. The first-order valence-corrected chi connectivity index (χ1v) is 5.75. The van der Waals surface area contributed by atoms with Gasteiger partial charge >= 0.3 is 0 Å². The summed E-state index contributed by atoms with van der Waals surface area (Å²) in [5, 5.41) is 11.1. The third-order valence-corrected chi connectivity index (χ3v) is 3.29. The molecule has 0 aliphatic heterocycles. The van der Waals surface area contributed by atoms with E-state index in [0.717, 1.165) is 0 Å². The molecule has 0 bridgehead atoms. The van der Waals surface area contributed by atoms with Gasteiger partial charge in [0.2, 0.25) is 5.91 Å². The van der Waals surface area contributed by atoms with Gasteiger partial charge in [-0.15, -0.1) is 0 Å². The fourth-order valence-electron chi connectivity index (χ4n) is 2.35. The van der Waals surface area contributed by atoms with Crippen LogP contribution in [-0.2, 0) is 4.79 Å². The number of nitrogens with one attached hydrogen (secondary N) is 1. The number of amides is 1. The van der Waals surface area contributed by atoms with Crippen LogP contribution in [0.25, 0.3) is 0 Å². The van der Waals surface area contributed by atoms with E-state index in [1.54, 1.807) is 0 Å². The molecule has 1 aliphatic rings. The van der Waals surface area contributed by atoms with Crippen LogP contribution in [-0.4, -0.2) is 5.91 Å². The van der Waals surface area contributed by atoms with E-state index in [9.17, 15) is 18.0 Å². The number of benzene rings is 1. The van der Waals surface area contributed by atoms with Gasteiger partial charge in [-0.05, 0) is 18.8 Å². The minimum Gasteiger partial charge on any atom is -0.320 e. The van der Waals surface area contributed by atoms with Crippen molar-refractivity contribution >= 4 is 11.6 Å². The second-order valence-corrected chi connectivity index (χ2v) is 4.91. The van der Waals surface area contributed by atoms with Crippen molar-refractivity contribution < 1.29 is 18.0 Å². The van der Waals surface area contributed by atoms with Gasteiger partial charge in [0.05, 0.1) is 6.07 Å². The molecule has 1 saturated carbocycles. The molecule has 0 aromatic heterocycles. The molecule has 19 heavy (non-hydrogen) atoms. The van der Waals surface area contributed by atoms with Crippen LogP contribution in [0.5, 0.6) is 0 Å². The SMILES string of the molecule is CC1CC(C#N)(C(=O)Nc2c(F)cc(F)cc2F)C1. The monoisotopic (exact) mass is 268 g/mol. The van der Waals surface area contributed by atoms with E-state index in [0.29, 0.717) is 25.0 Å². The largest absolute Gasteiger partial charge is 0.320 e. The zero-order valence-electron chi connectivity index (χ0n) is 10.1. The Morgan fingerprint density at radius 3 is 2.32 bits per heavy atom. The molecule has 0 heterocycles. The summed E-state index contributed by atoms with van der Waals surface area (Å²) >= 11 is 0. The summed E-state index contributed by atoms with van der Waals surface area (Å²) in [7, 11) is 0. The van der Waals surface area contributed by atoms with Crippen LogP contribution in [0.4, 0.5) is 18.9 Å². The molecule has 1 aromatic rings. The Hall–Kier alpha value is -2.03. The van der Waals surface area contributed by atoms with Crippen LogP contribution < -0.4 is 5.32 Å². The smallest absolute Gasteiger partial charge is 0.245 e. The number of hydrogen-bond acceptors (Lipinski definition) is 2. The lowest BCUT2D eigenvalue weighted by Gasteiger charge is -2.39. The molecule has 1 amide bonds. The first-order valence-electron chi connectivity index (χ1n) is 5.75. The van der Waals surface area contributed by atoms with E-state index in [4.69, 9.17) is 5.26 Å². The summed E-state index contributed by atoms with van der Waals surface area (Å²) < 4.78 is 39.5.